The van der Waals surface area contributed by atoms with E-state index in [-0.39, 0.29) is 49.5 Å². The molecule has 0 radical (unpaired) electrons. The molecule has 7 rings (SSSR count). The van der Waals surface area contributed by atoms with E-state index in [4.69, 9.17) is 67.1 Å². The molecule has 0 saturated carbocycles. The van der Waals surface area contributed by atoms with E-state index >= 15 is 0 Å². The zero-order valence-corrected chi connectivity index (χ0v) is 59.1. The van der Waals surface area contributed by atoms with Gasteiger partial charge in [-0.25, -0.2) is 0 Å². The summed E-state index contributed by atoms with van der Waals surface area (Å²) in [4.78, 5) is 46.2. The van der Waals surface area contributed by atoms with Gasteiger partial charge in [0, 0.05) is 11.8 Å². The normalized spacial score (nSPS) is 27.4. The molecule has 0 aromatic heterocycles. The summed E-state index contributed by atoms with van der Waals surface area (Å²) >= 11 is 0. The Morgan fingerprint density at radius 2 is 0.737 bits per heavy atom. The van der Waals surface area contributed by atoms with Crippen molar-refractivity contribution in [3.63, 3.8) is 0 Å². The fourth-order valence-electron chi connectivity index (χ4n) is 11.8. The van der Waals surface area contributed by atoms with Gasteiger partial charge >= 0.3 is 23.9 Å². The number of carbonyl (C=O) groups excluding carboxylic acids is 2. The molecule has 0 spiro atoms. The lowest BCUT2D eigenvalue weighted by atomic mass is 9.91. The first-order valence-corrected chi connectivity index (χ1v) is 34.6. The number of aliphatic carboxylic acids is 2. The lowest BCUT2D eigenvalue weighted by molar-refractivity contribution is -0.310. The van der Waals surface area contributed by atoms with Crippen LogP contribution >= 0.6 is 0 Å². The van der Waals surface area contributed by atoms with Gasteiger partial charge in [-0.3, -0.25) is 19.2 Å². The molecule has 0 amide bonds. The van der Waals surface area contributed by atoms with Crippen LogP contribution in [0.4, 0.5) is 0 Å². The number of hydrogen-bond donors (Lipinski definition) is 8. The van der Waals surface area contributed by atoms with Crippen molar-refractivity contribution in [3.05, 3.63) is 144 Å². The van der Waals surface area contributed by atoms with Crippen LogP contribution < -0.4 is 0 Å². The van der Waals surface area contributed by atoms with Gasteiger partial charge in [-0.1, -0.05) is 175 Å². The van der Waals surface area contributed by atoms with Gasteiger partial charge in [0.1, 0.15) is 62.0 Å². The van der Waals surface area contributed by atoms with E-state index in [1.807, 2.05) is 142 Å². The molecular weight excluding hydrogens is 1280 g/mol. The highest BCUT2D eigenvalue weighted by Gasteiger charge is 2.49. The summed E-state index contributed by atoms with van der Waals surface area (Å²) < 4.78 is 72.0. The minimum atomic E-state index is -1.79. The third kappa shape index (κ3) is 29.5. The van der Waals surface area contributed by atoms with Gasteiger partial charge in [0.05, 0.1) is 100 Å². The number of carboxylic acids is 2. The van der Waals surface area contributed by atoms with Crippen LogP contribution in [0.15, 0.2) is 121 Å². The van der Waals surface area contributed by atoms with Gasteiger partial charge < -0.3 is 97.7 Å². The fraction of sp³-hybridized carbons (Fsp3) is 0.627. The lowest BCUT2D eigenvalue weighted by Gasteiger charge is -2.45. The number of rotatable bonds is 37. The molecule has 3 fully saturated rings. The molecule has 0 bridgehead atoms. The molecule has 3 heterocycles. The van der Waals surface area contributed by atoms with Gasteiger partial charge in [0.15, 0.2) is 18.9 Å². The Balaban J connectivity index is 0.000000275. The predicted octanol–water partition coefficient (Wildman–Crippen LogP) is 8.76. The number of carboxylic acid groups (broad SMARTS) is 2. The SMILES string of the molecule is CCC[C@@H](C)O[C@@H]1O[C@H](CO)[C@@H](OCc2ccccc2)[C@H](OCc2ccccc2)[C@H]1C.CCC[C@@H](C)O[C@@H]1O[C@H](COC(=O)CC(C)(O)CC(=O)O)[C@@H](O)[C@H](O)[C@H]1O.CCC[C@@H](C)O[C@@H]1O[C@H](COC(=O)CC(C)(O)CC(=O)O)[C@@H](OCc2ccccc2)[C@H](OCc2ccccc2)[C@H]1C. The third-order valence-corrected chi connectivity index (χ3v) is 17.0. The van der Waals surface area contributed by atoms with Crippen LogP contribution in [0.5, 0.6) is 0 Å². The maximum Gasteiger partial charge on any atom is 0.308 e. The Hall–Kier alpha value is -5.88. The summed E-state index contributed by atoms with van der Waals surface area (Å²) in [6.07, 6.45) is -8.12. The molecule has 554 valence electrons. The number of aliphatic hydroxyl groups excluding tert-OH is 4. The van der Waals surface area contributed by atoms with E-state index in [0.29, 0.717) is 32.8 Å². The Morgan fingerprint density at radius 1 is 0.434 bits per heavy atom. The molecule has 3 saturated heterocycles. The van der Waals surface area contributed by atoms with E-state index < -0.39 is 141 Å². The van der Waals surface area contributed by atoms with Crippen LogP contribution in [0.3, 0.4) is 0 Å². The number of hydrogen-bond acceptors (Lipinski definition) is 22. The number of ether oxygens (including phenoxy) is 12. The van der Waals surface area contributed by atoms with Gasteiger partial charge in [-0.2, -0.15) is 0 Å². The quantitative estimate of drug-likeness (QED) is 0.0196. The van der Waals surface area contributed by atoms with Crippen LogP contribution in [-0.2, 0) is 102 Å². The Morgan fingerprint density at radius 3 is 1.07 bits per heavy atom. The van der Waals surface area contributed by atoms with Gasteiger partial charge in [0.2, 0.25) is 0 Å². The van der Waals surface area contributed by atoms with Gasteiger partial charge in [-0.05, 0) is 76.1 Å². The molecule has 0 aliphatic carbocycles. The minimum absolute atomic E-state index is 0.0495. The first kappa shape index (κ1) is 83.8. The highest BCUT2D eigenvalue weighted by atomic mass is 16.7. The van der Waals surface area contributed by atoms with E-state index in [1.165, 1.54) is 13.8 Å². The molecule has 4 aromatic carbocycles. The number of carbonyl (C=O) groups is 4. The third-order valence-electron chi connectivity index (χ3n) is 17.0. The molecular formula is C75H110O24. The monoisotopic (exact) mass is 1390 g/mol. The van der Waals surface area contributed by atoms with Crippen molar-refractivity contribution >= 4 is 23.9 Å². The summed E-state index contributed by atoms with van der Waals surface area (Å²) in [5.74, 6) is -4.36. The van der Waals surface area contributed by atoms with Gasteiger partial charge in [0.25, 0.3) is 0 Å². The minimum Gasteiger partial charge on any atom is -0.481 e. The average molecular weight is 1400 g/mol. The van der Waals surface area contributed by atoms with Crippen molar-refractivity contribution in [2.24, 2.45) is 11.8 Å². The van der Waals surface area contributed by atoms with Crippen molar-refractivity contribution in [2.75, 3.05) is 19.8 Å². The van der Waals surface area contributed by atoms with Crippen molar-refractivity contribution in [2.45, 2.75) is 269 Å². The van der Waals surface area contributed by atoms with Gasteiger partial charge in [-0.15, -0.1) is 0 Å². The topological polar surface area (TPSA) is 341 Å². The smallest absolute Gasteiger partial charge is 0.308 e. The predicted molar refractivity (Wildman–Crippen MR) is 363 cm³/mol. The fourth-order valence-corrected chi connectivity index (χ4v) is 11.8. The molecule has 3 aliphatic rings. The highest BCUT2D eigenvalue weighted by Crippen LogP contribution is 2.36. The number of benzene rings is 4. The summed E-state index contributed by atoms with van der Waals surface area (Å²) in [5.41, 5.74) is 0.623. The van der Waals surface area contributed by atoms with E-state index in [0.717, 1.165) is 54.4 Å². The lowest BCUT2D eigenvalue weighted by Crippen LogP contribution is -2.59. The second-order valence-corrected chi connectivity index (χ2v) is 26.6. The summed E-state index contributed by atoms with van der Waals surface area (Å²) in [5, 5.41) is 78.0. The first-order valence-electron chi connectivity index (χ1n) is 34.6. The highest BCUT2D eigenvalue weighted by molar-refractivity contribution is 5.74. The molecule has 20 atom stereocenters. The number of esters is 2. The Kier molecular flexibility index (Phi) is 36.5. The molecule has 4 aromatic rings. The van der Waals surface area contributed by atoms with Crippen molar-refractivity contribution in [3.8, 4) is 0 Å². The van der Waals surface area contributed by atoms with Crippen molar-refractivity contribution in [1.29, 1.82) is 0 Å². The number of aliphatic hydroxyl groups is 6. The second kappa shape index (κ2) is 43.2. The summed E-state index contributed by atoms with van der Waals surface area (Å²) in [6.45, 7) is 19.3. The van der Waals surface area contributed by atoms with Crippen molar-refractivity contribution in [1.82, 2.24) is 0 Å². The largest absolute Gasteiger partial charge is 0.481 e. The van der Waals surface area contributed by atoms with Crippen LogP contribution in [0.2, 0.25) is 0 Å². The molecule has 24 heteroatoms. The maximum atomic E-state index is 12.6. The molecule has 2 unspecified atom stereocenters. The first-order chi connectivity index (χ1) is 47.2. The molecule has 24 nitrogen and oxygen atoms in total. The van der Waals surface area contributed by atoms with Crippen LogP contribution in [-0.4, -0.2) is 194 Å². The maximum absolute atomic E-state index is 12.6. The van der Waals surface area contributed by atoms with Crippen LogP contribution in [0.1, 0.15) is 156 Å². The zero-order valence-electron chi connectivity index (χ0n) is 59.1. The Labute approximate surface area is 583 Å². The van der Waals surface area contributed by atoms with Crippen LogP contribution in [0, 0.1) is 11.8 Å². The second-order valence-electron chi connectivity index (χ2n) is 26.6. The Bertz CT molecular complexity index is 2890. The summed E-state index contributed by atoms with van der Waals surface area (Å²) in [7, 11) is 0. The van der Waals surface area contributed by atoms with E-state index in [2.05, 4.69) is 27.7 Å². The molecule has 8 N–H and O–H groups in total. The zero-order chi connectivity index (χ0) is 72.7. The van der Waals surface area contributed by atoms with Crippen molar-refractivity contribution < 1.29 is 117 Å². The molecule has 3 aliphatic heterocycles. The molecule has 99 heavy (non-hydrogen) atoms. The van der Waals surface area contributed by atoms with E-state index in [9.17, 15) is 49.8 Å². The van der Waals surface area contributed by atoms with E-state index in [1.54, 1.807) is 6.92 Å². The average Bonchev–Trinajstić information content (AvgIpc) is 0.806. The standard InChI is InChI=1S/C32H44O9.C26H36O5.C17H30O10/c1-5-12-22(2)40-31-23(3)29(38-19-24-13-8-6-9-14-24)30(39-20-25-15-10-7-11-16-25)26(41-31)21-37-28(35)18-32(4,36)17-27(33)34;1-4-11-19(2)30-26-20(3)24(28-17-21-12-7-5-8-13-21)25(23(16-27)31-26)29-18-22-14-9-6-10-15-22;1-4-5-9(2)26-16-15(23)14(22)13(21)10(27-16)8-25-12(20)7-17(3,24)6-11(18)19/h6-11,13-16,22-23,26,29-31,36H,5,12,17-21H2,1-4H3,(H,33,34);5-10,12-15,19-20,23-27H,4,11,16-18H2,1-3H3;9-10,13-16,21-24H,4-8H2,1-3H3,(H,18,19)/t22-,23-,26-,29-,30-,31-,32?;19-,20-,23-,24-,25-,26-;9-,10-,13-,14+,15-,16-,17?/m111/s1. The summed E-state index contributed by atoms with van der Waals surface area (Å²) in [6, 6.07) is 39.7. The van der Waals surface area contributed by atoms with Crippen LogP contribution in [0.25, 0.3) is 0 Å².